The molecule has 0 radical (unpaired) electrons. The minimum Gasteiger partial charge on any atom is -0.480 e. The Morgan fingerprint density at radius 3 is 1.36 bits per heavy atom. The maximum Gasteiger partial charge on any atom is 0.326 e. The molecule has 2 amide bonds. The highest BCUT2D eigenvalue weighted by Crippen LogP contribution is 2.43. The number of anilines is 2. The highest BCUT2D eigenvalue weighted by Gasteiger charge is 2.35. The Labute approximate surface area is 324 Å². The van der Waals surface area contributed by atoms with Crippen LogP contribution >= 0.6 is 0 Å². The summed E-state index contributed by atoms with van der Waals surface area (Å²) < 4.78 is 0. The number of nitrogens with zero attached hydrogens (tertiary/aromatic N) is 2. The number of benzene rings is 2. The summed E-state index contributed by atoms with van der Waals surface area (Å²) in [4.78, 5) is 59.3. The number of aliphatic hydroxyl groups excluding tert-OH is 2. The average molecular weight is 765 g/mol. The van der Waals surface area contributed by atoms with Crippen molar-refractivity contribution in [2.24, 2.45) is 0 Å². The van der Waals surface area contributed by atoms with Gasteiger partial charge in [0, 0.05) is 36.9 Å². The van der Waals surface area contributed by atoms with Crippen molar-refractivity contribution in [3.05, 3.63) is 106 Å². The van der Waals surface area contributed by atoms with Crippen LogP contribution in [0, 0.1) is 13.8 Å². The fourth-order valence-electron chi connectivity index (χ4n) is 6.57. The van der Waals surface area contributed by atoms with E-state index in [-0.39, 0.29) is 48.1 Å². The number of amides is 2. The van der Waals surface area contributed by atoms with Crippen LogP contribution < -0.4 is 21.3 Å². The zero-order valence-corrected chi connectivity index (χ0v) is 31.9. The standard InChI is InChI=1S/C42H48N6O8/c1-23-29(7-5-9-33(23)47-37(51)35-15-31(25-11-12-25)27(17-43-35)19-45-41(3,21-49)39(53)54)30-8-6-10-34(24(30)2)48-38(52)36-16-32(26-13-14-26)28(18-44-36)20-46-42(4,22-50)40(55)56/h5-10,15-18,25-26,45-46,49-50H,11-14,19-22H2,1-4H3,(H,47,51)(H,48,52)(H,53,54)(H,55,56). The Morgan fingerprint density at radius 1 is 0.661 bits per heavy atom. The molecule has 2 saturated carbocycles. The van der Waals surface area contributed by atoms with Gasteiger partial charge in [-0.3, -0.25) is 39.8 Å². The number of pyridine rings is 2. The van der Waals surface area contributed by atoms with Crippen LogP contribution in [0.1, 0.15) is 106 Å². The van der Waals surface area contributed by atoms with Crippen LogP contribution in [-0.4, -0.2) is 78.4 Å². The summed E-state index contributed by atoms with van der Waals surface area (Å²) in [5, 5.41) is 50.2. The molecule has 2 atom stereocenters. The second-order valence-electron chi connectivity index (χ2n) is 15.2. The lowest BCUT2D eigenvalue weighted by molar-refractivity contribution is -0.146. The lowest BCUT2D eigenvalue weighted by atomic mass is 9.94. The van der Waals surface area contributed by atoms with Crippen molar-refractivity contribution >= 4 is 35.1 Å². The van der Waals surface area contributed by atoms with E-state index in [1.807, 2.05) is 50.2 Å². The van der Waals surface area contributed by atoms with Crippen molar-refractivity contribution in [2.75, 3.05) is 23.8 Å². The summed E-state index contributed by atoms with van der Waals surface area (Å²) in [7, 11) is 0. The van der Waals surface area contributed by atoms with Crippen LogP contribution in [0.25, 0.3) is 11.1 Å². The van der Waals surface area contributed by atoms with Crippen LogP contribution in [0.15, 0.2) is 60.9 Å². The van der Waals surface area contributed by atoms with Gasteiger partial charge in [-0.1, -0.05) is 24.3 Å². The fraction of sp³-hybridized carbons (Fsp3) is 0.381. The molecule has 0 spiro atoms. The summed E-state index contributed by atoms with van der Waals surface area (Å²) in [6.07, 6.45) is 7.00. The Bertz CT molecular complexity index is 2030. The molecule has 2 aliphatic rings. The van der Waals surface area contributed by atoms with E-state index in [4.69, 9.17) is 0 Å². The first kappa shape index (κ1) is 40.1. The van der Waals surface area contributed by atoms with Gasteiger partial charge in [0.25, 0.3) is 11.8 Å². The third kappa shape index (κ3) is 8.63. The smallest absolute Gasteiger partial charge is 0.326 e. The molecule has 56 heavy (non-hydrogen) atoms. The van der Waals surface area contributed by atoms with Crippen LogP contribution in [0.2, 0.25) is 0 Å². The molecule has 0 saturated heterocycles. The first-order chi connectivity index (χ1) is 26.7. The Morgan fingerprint density at radius 2 is 1.04 bits per heavy atom. The van der Waals surface area contributed by atoms with Gasteiger partial charge in [-0.2, -0.15) is 0 Å². The number of aliphatic hydroxyl groups is 2. The molecule has 2 aromatic carbocycles. The minimum absolute atomic E-state index is 0.175. The summed E-state index contributed by atoms with van der Waals surface area (Å²) in [6, 6.07) is 14.7. The molecular formula is C42H48N6O8. The maximum absolute atomic E-state index is 13.6. The van der Waals surface area contributed by atoms with Gasteiger partial charge < -0.3 is 31.1 Å². The average Bonchev–Trinajstić information content (AvgIpc) is 4.12. The van der Waals surface area contributed by atoms with Gasteiger partial charge in [-0.15, -0.1) is 0 Å². The number of aromatic nitrogens is 2. The predicted octanol–water partition coefficient (Wildman–Crippen LogP) is 4.87. The van der Waals surface area contributed by atoms with Crippen molar-refractivity contribution in [1.29, 1.82) is 0 Å². The van der Waals surface area contributed by atoms with Crippen molar-refractivity contribution in [3.63, 3.8) is 0 Å². The molecule has 0 aliphatic heterocycles. The normalized spacial score (nSPS) is 16.0. The van der Waals surface area contributed by atoms with Gasteiger partial charge in [0.2, 0.25) is 0 Å². The molecule has 2 aromatic heterocycles. The largest absolute Gasteiger partial charge is 0.480 e. The van der Waals surface area contributed by atoms with Crippen LogP contribution in [0.5, 0.6) is 0 Å². The highest BCUT2D eigenvalue weighted by molar-refractivity contribution is 6.05. The lowest BCUT2D eigenvalue weighted by Gasteiger charge is -2.24. The van der Waals surface area contributed by atoms with E-state index in [2.05, 4.69) is 31.2 Å². The van der Waals surface area contributed by atoms with Crippen molar-refractivity contribution in [1.82, 2.24) is 20.6 Å². The quantitative estimate of drug-likeness (QED) is 0.0722. The summed E-state index contributed by atoms with van der Waals surface area (Å²) in [6.45, 7) is 5.84. The Balaban J connectivity index is 1.18. The summed E-state index contributed by atoms with van der Waals surface area (Å²) >= 11 is 0. The molecular weight excluding hydrogens is 716 g/mol. The van der Waals surface area contributed by atoms with Gasteiger partial charge in [-0.25, -0.2) is 0 Å². The number of hydrogen-bond acceptors (Lipinski definition) is 10. The number of aliphatic carboxylic acids is 2. The van der Waals surface area contributed by atoms with E-state index in [0.29, 0.717) is 11.4 Å². The molecule has 2 unspecified atom stereocenters. The van der Waals surface area contributed by atoms with Crippen LogP contribution in [0.4, 0.5) is 11.4 Å². The number of carbonyl (C=O) groups is 4. The number of rotatable bonds is 17. The van der Waals surface area contributed by atoms with Crippen molar-refractivity contribution in [3.8, 4) is 11.1 Å². The van der Waals surface area contributed by atoms with E-state index in [0.717, 1.165) is 70.2 Å². The zero-order valence-electron chi connectivity index (χ0n) is 31.9. The number of nitrogens with one attached hydrogen (secondary N) is 4. The van der Waals surface area contributed by atoms with E-state index in [9.17, 15) is 39.6 Å². The molecule has 2 aliphatic carbocycles. The third-order valence-corrected chi connectivity index (χ3v) is 10.9. The molecule has 14 nitrogen and oxygen atoms in total. The highest BCUT2D eigenvalue weighted by atomic mass is 16.4. The van der Waals surface area contributed by atoms with Gasteiger partial charge in [0.1, 0.15) is 22.5 Å². The van der Waals surface area contributed by atoms with Gasteiger partial charge in [-0.05, 0) is 134 Å². The number of carboxylic acids is 2. The predicted molar refractivity (Wildman–Crippen MR) is 210 cm³/mol. The minimum atomic E-state index is -1.51. The van der Waals surface area contributed by atoms with E-state index in [1.54, 1.807) is 24.5 Å². The first-order valence-electron chi connectivity index (χ1n) is 18.7. The van der Waals surface area contributed by atoms with Crippen molar-refractivity contribution in [2.45, 2.75) is 89.4 Å². The SMILES string of the molecule is Cc1c(NC(=O)c2cc(C3CC3)c(CNC(C)(CO)C(=O)O)cn2)cccc1-c1cccc(NC(=O)c2cc(C3CC3)c(CNC(C)(CO)C(=O)O)cn2)c1C. The van der Waals surface area contributed by atoms with Gasteiger partial charge in [0.05, 0.1) is 13.2 Å². The molecule has 8 N–H and O–H groups in total. The van der Waals surface area contributed by atoms with Crippen LogP contribution in [-0.2, 0) is 22.7 Å². The fourth-order valence-corrected chi connectivity index (χ4v) is 6.57. The van der Waals surface area contributed by atoms with Gasteiger partial charge >= 0.3 is 11.9 Å². The molecule has 2 heterocycles. The summed E-state index contributed by atoms with van der Waals surface area (Å²) in [5.74, 6) is -2.61. The number of carboxylic acid groups (broad SMARTS) is 2. The molecule has 294 valence electrons. The monoisotopic (exact) mass is 764 g/mol. The lowest BCUT2D eigenvalue weighted by Crippen LogP contribution is -2.52. The molecule has 14 heteroatoms. The first-order valence-corrected chi connectivity index (χ1v) is 18.7. The van der Waals surface area contributed by atoms with E-state index >= 15 is 0 Å². The Kier molecular flexibility index (Phi) is 11.7. The molecule has 4 aromatic rings. The van der Waals surface area contributed by atoms with Crippen molar-refractivity contribution < 1.29 is 39.6 Å². The van der Waals surface area contributed by atoms with E-state index < -0.39 is 36.2 Å². The van der Waals surface area contributed by atoms with E-state index in [1.165, 1.54) is 13.8 Å². The maximum atomic E-state index is 13.6. The molecule has 0 bridgehead atoms. The second-order valence-corrected chi connectivity index (χ2v) is 15.2. The number of hydrogen-bond donors (Lipinski definition) is 8. The topological polar surface area (TPSA) is 223 Å². The van der Waals surface area contributed by atoms with Gasteiger partial charge in [0.15, 0.2) is 0 Å². The zero-order chi connectivity index (χ0) is 40.4. The third-order valence-electron chi connectivity index (χ3n) is 10.9. The molecule has 6 rings (SSSR count). The Hall–Kier alpha value is -5.54. The second kappa shape index (κ2) is 16.3. The molecule has 2 fully saturated rings. The van der Waals surface area contributed by atoms with Crippen LogP contribution in [0.3, 0.4) is 0 Å². The number of carbonyl (C=O) groups excluding carboxylic acids is 2. The summed E-state index contributed by atoms with van der Waals surface area (Å²) in [5.41, 5.74) is 5.38.